The summed E-state index contributed by atoms with van der Waals surface area (Å²) in [4.78, 5) is 0.405. The Kier molecular flexibility index (Phi) is 5.34. The average molecular weight is 201 g/mol. The fourth-order valence-corrected chi connectivity index (χ4v) is 1.70. The van der Waals surface area contributed by atoms with Gasteiger partial charge in [-0.2, -0.15) is 0 Å². The molecule has 0 unspecified atom stereocenters. The van der Waals surface area contributed by atoms with Gasteiger partial charge < -0.3 is 5.73 Å². The zero-order valence-electron chi connectivity index (χ0n) is 7.90. The minimum absolute atomic E-state index is 0.164. The summed E-state index contributed by atoms with van der Waals surface area (Å²) in [6.07, 6.45) is 0. The van der Waals surface area contributed by atoms with Crippen molar-refractivity contribution in [2.45, 2.75) is 11.8 Å². The van der Waals surface area contributed by atoms with Gasteiger partial charge in [0.1, 0.15) is 0 Å². The third-order valence-corrected chi connectivity index (χ3v) is 3.23. The van der Waals surface area contributed by atoms with Gasteiger partial charge in [-0.3, -0.25) is 0 Å². The molecule has 4 heteroatoms. The van der Waals surface area contributed by atoms with Crippen molar-refractivity contribution in [3.05, 3.63) is 30.3 Å². The molecule has 0 atom stereocenters. The van der Waals surface area contributed by atoms with Crippen LogP contribution in [0.2, 0.25) is 0 Å². The Hall–Kier alpha value is -0.870. The van der Waals surface area contributed by atoms with E-state index in [2.05, 4.69) is 5.73 Å². The van der Waals surface area contributed by atoms with Crippen molar-refractivity contribution < 1.29 is 8.42 Å². The van der Waals surface area contributed by atoms with Crippen LogP contribution >= 0.6 is 0 Å². The van der Waals surface area contributed by atoms with Crippen LogP contribution < -0.4 is 5.73 Å². The Morgan fingerprint density at radius 2 is 1.62 bits per heavy atom. The summed E-state index contributed by atoms with van der Waals surface area (Å²) < 4.78 is 22.4. The minimum atomic E-state index is -3.00. The summed E-state index contributed by atoms with van der Waals surface area (Å²) in [5.41, 5.74) is 4.50. The average Bonchev–Trinajstić information content (AvgIpc) is 2.22. The first kappa shape index (κ1) is 12.1. The van der Waals surface area contributed by atoms with Crippen molar-refractivity contribution in [3.63, 3.8) is 0 Å². The molecular weight excluding hydrogens is 186 g/mol. The highest BCUT2D eigenvalue weighted by Crippen LogP contribution is 2.08. The first-order valence-corrected chi connectivity index (χ1v) is 5.67. The second-order valence-corrected chi connectivity index (χ2v) is 4.49. The Labute approximate surface area is 79.5 Å². The van der Waals surface area contributed by atoms with E-state index < -0.39 is 9.84 Å². The molecule has 1 aromatic rings. The third kappa shape index (κ3) is 3.57. The van der Waals surface area contributed by atoms with Crippen molar-refractivity contribution in [3.8, 4) is 0 Å². The number of sulfone groups is 1. The molecule has 0 saturated carbocycles. The Bertz CT molecular complexity index is 319. The van der Waals surface area contributed by atoms with Gasteiger partial charge in [-0.15, -0.1) is 0 Å². The number of rotatable bonds is 2. The highest BCUT2D eigenvalue weighted by molar-refractivity contribution is 7.91. The van der Waals surface area contributed by atoms with Crippen LogP contribution in [0.1, 0.15) is 6.92 Å². The largest absolute Gasteiger partial charge is 0.333 e. The molecule has 74 valence electrons. The fraction of sp³-hybridized carbons (Fsp3) is 0.333. The van der Waals surface area contributed by atoms with Gasteiger partial charge in [-0.1, -0.05) is 25.1 Å². The van der Waals surface area contributed by atoms with E-state index in [1.54, 1.807) is 37.3 Å². The van der Waals surface area contributed by atoms with E-state index in [0.717, 1.165) is 0 Å². The summed E-state index contributed by atoms with van der Waals surface area (Å²) >= 11 is 0. The highest BCUT2D eigenvalue weighted by atomic mass is 32.2. The van der Waals surface area contributed by atoms with Crippen molar-refractivity contribution in [1.29, 1.82) is 0 Å². The molecule has 0 spiro atoms. The third-order valence-electron chi connectivity index (χ3n) is 1.48. The molecule has 0 heterocycles. The molecule has 0 aliphatic heterocycles. The summed E-state index contributed by atoms with van der Waals surface area (Å²) in [6.45, 7) is 1.64. The number of benzene rings is 1. The summed E-state index contributed by atoms with van der Waals surface area (Å²) in [5, 5.41) is 0. The van der Waals surface area contributed by atoms with Crippen LogP contribution in [-0.2, 0) is 9.84 Å². The Morgan fingerprint density at radius 3 is 2.00 bits per heavy atom. The first-order valence-electron chi connectivity index (χ1n) is 4.02. The zero-order chi connectivity index (χ0) is 10.3. The lowest BCUT2D eigenvalue weighted by Crippen LogP contribution is -2.02. The van der Waals surface area contributed by atoms with Crippen molar-refractivity contribution in [2.75, 3.05) is 12.8 Å². The van der Waals surface area contributed by atoms with Crippen LogP contribution in [0.15, 0.2) is 35.2 Å². The molecule has 0 radical (unpaired) electrons. The van der Waals surface area contributed by atoms with Crippen LogP contribution in [0.25, 0.3) is 0 Å². The van der Waals surface area contributed by atoms with E-state index in [1.165, 1.54) is 7.05 Å². The summed E-state index contributed by atoms with van der Waals surface area (Å²) in [5.74, 6) is 0.164. The number of hydrogen-bond acceptors (Lipinski definition) is 3. The van der Waals surface area contributed by atoms with Gasteiger partial charge in [0.25, 0.3) is 0 Å². The first-order chi connectivity index (χ1) is 6.17. The van der Waals surface area contributed by atoms with Gasteiger partial charge in [0.15, 0.2) is 9.84 Å². The quantitative estimate of drug-likeness (QED) is 0.778. The molecule has 1 aromatic carbocycles. The van der Waals surface area contributed by atoms with E-state index in [4.69, 9.17) is 0 Å². The lowest BCUT2D eigenvalue weighted by atomic mass is 10.4. The maximum absolute atomic E-state index is 11.2. The molecule has 1 rings (SSSR count). The lowest BCUT2D eigenvalue weighted by Gasteiger charge is -1.98. The second kappa shape index (κ2) is 5.72. The van der Waals surface area contributed by atoms with Crippen LogP contribution in [0, 0.1) is 0 Å². The molecule has 0 saturated heterocycles. The van der Waals surface area contributed by atoms with Crippen LogP contribution in [0.4, 0.5) is 0 Å². The smallest absolute Gasteiger partial charge is 0.178 e. The Balaban J connectivity index is 0.000000671. The van der Waals surface area contributed by atoms with Crippen molar-refractivity contribution in [2.24, 2.45) is 5.73 Å². The van der Waals surface area contributed by atoms with Crippen molar-refractivity contribution in [1.82, 2.24) is 0 Å². The second-order valence-electron chi connectivity index (χ2n) is 2.22. The monoisotopic (exact) mass is 201 g/mol. The van der Waals surface area contributed by atoms with Gasteiger partial charge in [-0.25, -0.2) is 8.42 Å². The van der Waals surface area contributed by atoms with Crippen molar-refractivity contribution >= 4 is 9.84 Å². The maximum Gasteiger partial charge on any atom is 0.178 e. The van der Waals surface area contributed by atoms with Crippen LogP contribution in [0.5, 0.6) is 0 Å². The number of nitrogens with two attached hydrogens (primary N) is 1. The SMILES string of the molecule is CCS(=O)(=O)c1ccccc1.CN. The fourth-order valence-electron chi connectivity index (χ4n) is 0.794. The molecule has 0 amide bonds. The molecule has 0 aromatic heterocycles. The van der Waals surface area contributed by atoms with Gasteiger partial charge in [-0.05, 0) is 19.2 Å². The predicted molar refractivity (Wildman–Crippen MR) is 54.3 cm³/mol. The molecule has 0 fully saturated rings. The molecule has 2 N–H and O–H groups in total. The van der Waals surface area contributed by atoms with Gasteiger partial charge in [0.05, 0.1) is 10.6 Å². The van der Waals surface area contributed by atoms with E-state index in [9.17, 15) is 8.42 Å². The standard InChI is InChI=1S/C8H10O2S.CH5N/c1-2-11(9,10)8-6-4-3-5-7-8;1-2/h3-7H,2H2,1H3;2H2,1H3. The molecule has 3 nitrogen and oxygen atoms in total. The summed E-state index contributed by atoms with van der Waals surface area (Å²) in [7, 11) is -1.50. The van der Waals surface area contributed by atoms with E-state index in [1.807, 2.05) is 0 Å². The molecule has 0 aliphatic carbocycles. The topological polar surface area (TPSA) is 60.2 Å². The summed E-state index contributed by atoms with van der Waals surface area (Å²) in [6, 6.07) is 8.47. The highest BCUT2D eigenvalue weighted by Gasteiger charge is 2.08. The lowest BCUT2D eigenvalue weighted by molar-refractivity contribution is 0.597. The predicted octanol–water partition coefficient (Wildman–Crippen LogP) is 1.06. The Morgan fingerprint density at radius 1 is 1.15 bits per heavy atom. The maximum atomic E-state index is 11.2. The number of hydrogen-bond donors (Lipinski definition) is 1. The molecule has 0 bridgehead atoms. The van der Waals surface area contributed by atoms with E-state index in [0.29, 0.717) is 4.90 Å². The van der Waals surface area contributed by atoms with E-state index in [-0.39, 0.29) is 5.75 Å². The normalized spacial score (nSPS) is 10.1. The minimum Gasteiger partial charge on any atom is -0.333 e. The van der Waals surface area contributed by atoms with Crippen LogP contribution in [0.3, 0.4) is 0 Å². The molecule has 0 aliphatic rings. The van der Waals surface area contributed by atoms with Crippen LogP contribution in [-0.4, -0.2) is 21.2 Å². The zero-order valence-corrected chi connectivity index (χ0v) is 8.71. The van der Waals surface area contributed by atoms with Gasteiger partial charge in [0, 0.05) is 0 Å². The van der Waals surface area contributed by atoms with Gasteiger partial charge in [0.2, 0.25) is 0 Å². The van der Waals surface area contributed by atoms with Gasteiger partial charge >= 0.3 is 0 Å². The molecule has 13 heavy (non-hydrogen) atoms. The van der Waals surface area contributed by atoms with E-state index >= 15 is 0 Å². The molecular formula is C9H15NO2S.